The van der Waals surface area contributed by atoms with Crippen LogP contribution in [-0.4, -0.2) is 64.0 Å². The summed E-state index contributed by atoms with van der Waals surface area (Å²) in [6.07, 6.45) is 5.11. The van der Waals surface area contributed by atoms with Crippen LogP contribution in [-0.2, 0) is 11.2 Å². The molecule has 2 aliphatic rings. The summed E-state index contributed by atoms with van der Waals surface area (Å²) >= 11 is 0.444. The summed E-state index contributed by atoms with van der Waals surface area (Å²) < 4.78 is 19.7. The number of benzene rings is 2. The van der Waals surface area contributed by atoms with Gasteiger partial charge in [0.2, 0.25) is 5.95 Å². The molecule has 0 saturated carbocycles. The van der Waals surface area contributed by atoms with Crippen LogP contribution in [0.4, 0.5) is 28.8 Å². The zero-order valence-electron chi connectivity index (χ0n) is 23.9. The molecule has 216 valence electrons. The lowest BCUT2D eigenvalue weighted by atomic mass is 10.0. The van der Waals surface area contributed by atoms with Gasteiger partial charge in [0.1, 0.15) is 11.0 Å². The number of anilines is 5. The van der Waals surface area contributed by atoms with Gasteiger partial charge in [0.15, 0.2) is 10.7 Å². The molecule has 2 N–H and O–H groups in total. The molecule has 1 unspecified atom stereocenters. The second-order valence-electron chi connectivity index (χ2n) is 11.0. The Morgan fingerprint density at radius 2 is 1.76 bits per heavy atom. The molecule has 0 amide bonds. The maximum atomic E-state index is 13.0. The van der Waals surface area contributed by atoms with Crippen molar-refractivity contribution in [3.63, 3.8) is 0 Å². The Kier molecular flexibility index (Phi) is 8.52. The van der Waals surface area contributed by atoms with Crippen molar-refractivity contribution >= 4 is 61.6 Å². The van der Waals surface area contributed by atoms with Crippen molar-refractivity contribution in [2.24, 2.45) is 0 Å². The lowest BCUT2D eigenvalue weighted by molar-refractivity contribution is 0.208. The molecule has 4 heterocycles. The maximum Gasteiger partial charge on any atom is 0.229 e. The van der Waals surface area contributed by atoms with E-state index >= 15 is 0 Å². The molecule has 2 aromatic heterocycles. The molecule has 2 fully saturated rings. The van der Waals surface area contributed by atoms with Gasteiger partial charge in [0.25, 0.3) is 0 Å². The first-order valence-electron chi connectivity index (χ1n) is 14.5. The van der Waals surface area contributed by atoms with Crippen LogP contribution in [0.1, 0.15) is 39.5 Å². The summed E-state index contributed by atoms with van der Waals surface area (Å²) in [6.45, 7) is 8.58. The molecule has 4 aromatic rings. The van der Waals surface area contributed by atoms with Crippen LogP contribution in [0.25, 0.3) is 10.2 Å². The maximum absolute atomic E-state index is 13.0. The second kappa shape index (κ2) is 12.4. The van der Waals surface area contributed by atoms with E-state index in [4.69, 9.17) is 14.7 Å². The van der Waals surface area contributed by atoms with Gasteiger partial charge in [-0.3, -0.25) is 0 Å². The van der Waals surface area contributed by atoms with Crippen molar-refractivity contribution < 1.29 is 9.29 Å². The van der Waals surface area contributed by atoms with Crippen LogP contribution in [0.3, 0.4) is 0 Å². The Bertz CT molecular complexity index is 1480. The number of likely N-dealkylation sites (tertiary alicyclic amines) is 1. The third kappa shape index (κ3) is 6.11. The monoisotopic (exact) mass is 590 g/mol. The fourth-order valence-electron chi connectivity index (χ4n) is 5.83. The van der Waals surface area contributed by atoms with Gasteiger partial charge >= 0.3 is 0 Å². The van der Waals surface area contributed by atoms with Gasteiger partial charge in [0.05, 0.1) is 28.7 Å². The Labute approximate surface area is 249 Å². The zero-order valence-corrected chi connectivity index (χ0v) is 25.6. The normalized spacial score (nSPS) is 17.3. The SMILES string of the molecule is COc1cc(N2CCC(N3CCCC3)CC2)ccc1Nc1nc(Nc2ccccc2[S+]([O-])C(C)C)c2sccc2n1. The summed E-state index contributed by atoms with van der Waals surface area (Å²) in [5.74, 6) is 1.90. The summed E-state index contributed by atoms with van der Waals surface area (Å²) in [6, 6.07) is 16.7. The predicted octanol–water partition coefficient (Wildman–Crippen LogP) is 6.77. The minimum atomic E-state index is -1.13. The van der Waals surface area contributed by atoms with Crippen molar-refractivity contribution in [1.29, 1.82) is 0 Å². The fourth-order valence-corrected chi connectivity index (χ4v) is 7.66. The number of nitrogens with zero attached hydrogens (tertiary/aromatic N) is 4. The number of nitrogens with one attached hydrogen (secondary N) is 2. The topological polar surface area (TPSA) is 88.6 Å². The largest absolute Gasteiger partial charge is 0.611 e. The highest BCUT2D eigenvalue weighted by atomic mass is 32.2. The van der Waals surface area contributed by atoms with Crippen molar-refractivity contribution in [3.8, 4) is 5.75 Å². The highest BCUT2D eigenvalue weighted by molar-refractivity contribution is 7.92. The molecule has 0 radical (unpaired) electrons. The lowest BCUT2D eigenvalue weighted by Gasteiger charge is -2.38. The Morgan fingerprint density at radius 3 is 2.51 bits per heavy atom. The number of aromatic nitrogens is 2. The number of piperidine rings is 1. The van der Waals surface area contributed by atoms with E-state index in [9.17, 15) is 4.55 Å². The minimum Gasteiger partial charge on any atom is -0.611 e. The number of hydrogen-bond donors (Lipinski definition) is 2. The molecule has 0 spiro atoms. The van der Waals surface area contributed by atoms with Crippen LogP contribution in [0, 0.1) is 0 Å². The Morgan fingerprint density at radius 1 is 0.976 bits per heavy atom. The average Bonchev–Trinajstić information content (AvgIpc) is 3.70. The number of ether oxygens (including phenoxy) is 1. The highest BCUT2D eigenvalue weighted by Gasteiger charge is 2.27. The number of hydrogen-bond acceptors (Lipinski definition) is 9. The van der Waals surface area contributed by atoms with Crippen LogP contribution in [0.5, 0.6) is 5.75 Å². The lowest BCUT2D eigenvalue weighted by Crippen LogP contribution is -2.43. The van der Waals surface area contributed by atoms with E-state index in [-0.39, 0.29) is 5.25 Å². The van der Waals surface area contributed by atoms with Gasteiger partial charge in [-0.15, -0.1) is 11.3 Å². The third-order valence-electron chi connectivity index (χ3n) is 8.01. The van der Waals surface area contributed by atoms with Gasteiger partial charge in [-0.2, -0.15) is 4.98 Å². The van der Waals surface area contributed by atoms with Crippen molar-refractivity contribution in [2.75, 3.05) is 48.8 Å². The quantitative estimate of drug-likeness (QED) is 0.207. The van der Waals surface area contributed by atoms with Crippen LogP contribution >= 0.6 is 11.3 Å². The van der Waals surface area contributed by atoms with E-state index in [0.29, 0.717) is 11.8 Å². The number of para-hydroxylation sites is 1. The molecule has 2 aliphatic heterocycles. The minimum absolute atomic E-state index is 0.00853. The van der Waals surface area contributed by atoms with E-state index in [1.807, 2.05) is 49.6 Å². The molecule has 0 aliphatic carbocycles. The highest BCUT2D eigenvalue weighted by Crippen LogP contribution is 2.36. The van der Waals surface area contributed by atoms with Gasteiger partial charge < -0.3 is 29.7 Å². The molecule has 0 bridgehead atoms. The Balaban J connectivity index is 1.22. The van der Waals surface area contributed by atoms with Gasteiger partial charge in [0, 0.05) is 30.9 Å². The number of thiophene rings is 1. The predicted molar refractivity (Wildman–Crippen MR) is 171 cm³/mol. The molecular weight excluding hydrogens is 553 g/mol. The Hall–Kier alpha value is -3.05. The van der Waals surface area contributed by atoms with E-state index < -0.39 is 11.2 Å². The number of methoxy groups -OCH3 is 1. The molecule has 2 aromatic carbocycles. The van der Waals surface area contributed by atoms with Gasteiger partial charge in [-0.1, -0.05) is 12.1 Å². The molecule has 6 rings (SSSR count). The van der Waals surface area contributed by atoms with Crippen molar-refractivity contribution in [3.05, 3.63) is 53.9 Å². The fraction of sp³-hybridized carbons (Fsp3) is 0.419. The molecule has 10 heteroatoms. The first-order chi connectivity index (χ1) is 20.0. The van der Waals surface area contributed by atoms with Crippen LogP contribution in [0.15, 0.2) is 58.8 Å². The first-order valence-corrected chi connectivity index (χ1v) is 16.6. The van der Waals surface area contributed by atoms with E-state index in [1.165, 1.54) is 44.5 Å². The standard InChI is InChI=1S/C31H38N6O2S2/c1-21(2)41(38)28-9-5-4-8-25(28)32-30-29-26(14-19-40-29)34-31(35-30)33-24-11-10-23(20-27(24)39-3)37-17-12-22(13-18-37)36-15-6-7-16-36/h4-5,8-11,14,19-22H,6-7,12-13,15-18H2,1-3H3,(H2,32,33,34,35). The van der Waals surface area contributed by atoms with Gasteiger partial charge in [-0.05, 0) is 99.5 Å². The van der Waals surface area contributed by atoms with E-state index in [2.05, 4.69) is 38.6 Å². The summed E-state index contributed by atoms with van der Waals surface area (Å²) in [4.78, 5) is 15.5. The number of fused-ring (bicyclic) bond motifs is 1. The summed E-state index contributed by atoms with van der Waals surface area (Å²) in [7, 11) is 1.70. The zero-order chi connectivity index (χ0) is 28.3. The summed E-state index contributed by atoms with van der Waals surface area (Å²) in [5, 5.41) is 8.86. The molecule has 1 atom stereocenters. The first kappa shape index (κ1) is 28.1. The van der Waals surface area contributed by atoms with Crippen LogP contribution in [0.2, 0.25) is 0 Å². The van der Waals surface area contributed by atoms with Crippen molar-refractivity contribution in [1.82, 2.24) is 14.9 Å². The average molecular weight is 591 g/mol. The molecule has 41 heavy (non-hydrogen) atoms. The number of rotatable bonds is 9. The molecule has 8 nitrogen and oxygen atoms in total. The molecule has 2 saturated heterocycles. The van der Waals surface area contributed by atoms with Crippen molar-refractivity contribution in [2.45, 2.75) is 55.7 Å². The second-order valence-corrected chi connectivity index (χ2v) is 13.9. The summed E-state index contributed by atoms with van der Waals surface area (Å²) in [5.41, 5.74) is 3.62. The van der Waals surface area contributed by atoms with E-state index in [0.717, 1.165) is 51.4 Å². The third-order valence-corrected chi connectivity index (χ3v) is 10.6. The van der Waals surface area contributed by atoms with E-state index in [1.54, 1.807) is 18.4 Å². The molecular formula is C31H38N6O2S2. The smallest absolute Gasteiger partial charge is 0.229 e. The van der Waals surface area contributed by atoms with Crippen LogP contribution < -0.4 is 20.3 Å². The van der Waals surface area contributed by atoms with Gasteiger partial charge in [-0.25, -0.2) is 4.98 Å².